The van der Waals surface area contributed by atoms with Crippen molar-refractivity contribution in [1.82, 2.24) is 5.06 Å². The number of alkyl halides is 1. The first-order chi connectivity index (χ1) is 9.81. The number of hydroxylamine groups is 2. The quantitative estimate of drug-likeness (QED) is 0.277. The second-order valence-corrected chi connectivity index (χ2v) is 8.40. The molecule has 0 aliphatic carbocycles. The second kappa shape index (κ2) is 8.70. The van der Waals surface area contributed by atoms with E-state index < -0.39 is 11.7 Å². The smallest absolute Gasteiger partial charge is 0.434 e. The molecule has 1 aliphatic heterocycles. The van der Waals surface area contributed by atoms with Crippen LogP contribution in [0.1, 0.15) is 20.8 Å². The molecule has 1 rings (SSSR count). The number of amides is 1. The number of hydrogen-bond donors (Lipinski definition) is 0. The highest BCUT2D eigenvalue weighted by Crippen LogP contribution is 2.14. The van der Waals surface area contributed by atoms with E-state index in [0.29, 0.717) is 12.2 Å². The van der Waals surface area contributed by atoms with E-state index in [-0.39, 0.29) is 33.2 Å². The van der Waals surface area contributed by atoms with Crippen LogP contribution in [0.4, 0.5) is 4.79 Å². The van der Waals surface area contributed by atoms with Gasteiger partial charge >= 0.3 is 6.09 Å². The lowest BCUT2D eigenvalue weighted by molar-refractivity contribution is -0.128. The van der Waals surface area contributed by atoms with Gasteiger partial charge in [-0.1, -0.05) is 45.5 Å². The molecule has 1 heterocycles. The highest BCUT2D eigenvalue weighted by Gasteiger charge is 2.23. The van der Waals surface area contributed by atoms with Gasteiger partial charge in [-0.05, 0) is 30.4 Å². The Balaban J connectivity index is 2.65. The van der Waals surface area contributed by atoms with Gasteiger partial charge in [-0.15, -0.1) is 11.6 Å². The molecular formula is C15H21ClINO3. The van der Waals surface area contributed by atoms with Crippen LogP contribution in [0.25, 0.3) is 0 Å². The zero-order chi connectivity index (χ0) is 15.9. The van der Waals surface area contributed by atoms with Crippen LogP contribution in [0.3, 0.4) is 0 Å². The molecule has 0 aromatic heterocycles. The molecule has 1 amide bonds. The summed E-state index contributed by atoms with van der Waals surface area (Å²) in [7, 11) is 0. The lowest BCUT2D eigenvalue weighted by Crippen LogP contribution is -2.39. The van der Waals surface area contributed by atoms with Crippen LogP contribution in [0, 0.1) is 0 Å². The van der Waals surface area contributed by atoms with Crippen molar-refractivity contribution in [2.45, 2.75) is 26.4 Å². The molecule has 0 saturated carbocycles. The average molecular weight is 426 g/mol. The monoisotopic (exact) mass is 425 g/mol. The Morgan fingerprint density at radius 3 is 2.67 bits per heavy atom. The maximum absolute atomic E-state index is 12.1. The van der Waals surface area contributed by atoms with Gasteiger partial charge in [-0.3, -0.25) is 4.84 Å². The highest BCUT2D eigenvalue weighted by atomic mass is 127. The number of ether oxygens (including phenoxy) is 1. The van der Waals surface area contributed by atoms with Gasteiger partial charge in [0.25, 0.3) is 0 Å². The summed E-state index contributed by atoms with van der Waals surface area (Å²) in [5, 5.41) is 1.19. The Morgan fingerprint density at radius 1 is 1.43 bits per heavy atom. The van der Waals surface area contributed by atoms with Crippen molar-refractivity contribution in [3.63, 3.8) is 0 Å². The first kappa shape index (κ1) is 18.4. The van der Waals surface area contributed by atoms with Crippen molar-refractivity contribution >= 4 is 41.9 Å². The second-order valence-electron chi connectivity index (χ2n) is 5.41. The fourth-order valence-corrected chi connectivity index (χ4v) is 3.02. The standard InChI is InChI=1S/C15H21ClINO3/c1-12(9-16)10-18(14(19)21-15(2,3)4)20-11-13-7-5-6-8-17-13/h5-8H,1,9-11H2,2-4H3. The number of allylic oxidation sites excluding steroid dienone is 2. The maximum atomic E-state index is 12.1. The van der Waals surface area contributed by atoms with Gasteiger partial charge in [0.05, 0.1) is 6.54 Å². The Bertz CT molecular complexity index is 478. The molecule has 4 nitrogen and oxygen atoms in total. The molecular weight excluding hydrogens is 405 g/mol. The zero-order valence-corrected chi connectivity index (χ0v) is 15.5. The number of carbonyl (C=O) groups excluding carboxylic acids is 1. The van der Waals surface area contributed by atoms with Crippen molar-refractivity contribution in [2.24, 2.45) is 0 Å². The van der Waals surface area contributed by atoms with Gasteiger partial charge in [-0.2, -0.15) is 5.06 Å². The first-order valence-electron chi connectivity index (χ1n) is 6.50. The van der Waals surface area contributed by atoms with Gasteiger partial charge in [0, 0.05) is 9.39 Å². The van der Waals surface area contributed by atoms with Gasteiger partial charge in [0.2, 0.25) is 0 Å². The third kappa shape index (κ3) is 7.78. The summed E-state index contributed by atoms with van der Waals surface area (Å²) >= 11 is 5.57. The third-order valence-electron chi connectivity index (χ3n) is 2.18. The third-order valence-corrected chi connectivity index (χ3v) is 4.80. The summed E-state index contributed by atoms with van der Waals surface area (Å²) in [6.45, 7) is 9.85. The molecule has 0 unspecified atom stereocenters. The van der Waals surface area contributed by atoms with Crippen LogP contribution in [0.15, 0.2) is 34.5 Å². The van der Waals surface area contributed by atoms with Gasteiger partial charge < -0.3 is 4.74 Å². The average Bonchev–Trinajstić information content (AvgIpc) is 2.42. The van der Waals surface area contributed by atoms with Gasteiger partial charge in [-0.25, -0.2) is 4.79 Å². The van der Waals surface area contributed by atoms with Crippen molar-refractivity contribution in [3.8, 4) is 0 Å². The molecule has 6 heteroatoms. The lowest BCUT2D eigenvalue weighted by atomic mass is 10.2. The lowest BCUT2D eigenvalue weighted by Gasteiger charge is -2.27. The first-order valence-corrected chi connectivity index (χ1v) is 9.36. The Labute approximate surface area is 141 Å². The Hall–Kier alpha value is -0.660. The van der Waals surface area contributed by atoms with Gasteiger partial charge in [0.1, 0.15) is 12.2 Å². The molecule has 0 aromatic carbocycles. The molecule has 0 saturated heterocycles. The summed E-state index contributed by atoms with van der Waals surface area (Å²) in [4.78, 5) is 17.8. The summed E-state index contributed by atoms with van der Waals surface area (Å²) < 4.78 is 8.67. The van der Waals surface area contributed by atoms with Crippen LogP contribution in [-0.4, -0.2) is 39.3 Å². The molecule has 0 bridgehead atoms. The molecule has 21 heavy (non-hydrogen) atoms. The Morgan fingerprint density at radius 2 is 2.14 bits per heavy atom. The molecule has 0 radical (unpaired) electrons. The molecule has 118 valence electrons. The molecule has 0 fully saturated rings. The van der Waals surface area contributed by atoms with Crippen molar-refractivity contribution in [2.75, 3.05) is 19.0 Å². The van der Waals surface area contributed by atoms with E-state index in [1.807, 2.05) is 39.0 Å². The largest absolute Gasteiger partial charge is 0.442 e. The Kier molecular flexibility index (Phi) is 7.62. The van der Waals surface area contributed by atoms with Crippen molar-refractivity contribution < 1.29 is 14.4 Å². The summed E-state index contributed by atoms with van der Waals surface area (Å²) in [6.07, 6.45) is 5.49. The summed E-state index contributed by atoms with van der Waals surface area (Å²) in [5.74, 6) is 0.273. The number of carbonyl (C=O) groups is 1. The van der Waals surface area contributed by atoms with Crippen LogP contribution in [0.5, 0.6) is 0 Å². The van der Waals surface area contributed by atoms with E-state index in [9.17, 15) is 4.79 Å². The van der Waals surface area contributed by atoms with E-state index in [2.05, 4.69) is 10.7 Å². The van der Waals surface area contributed by atoms with Crippen molar-refractivity contribution in [1.29, 1.82) is 0 Å². The summed E-state index contributed by atoms with van der Waals surface area (Å²) in [5.41, 5.74) is 0.121. The normalized spacial score (nSPS) is 14.2. The van der Waals surface area contributed by atoms with Crippen molar-refractivity contribution in [3.05, 3.63) is 34.5 Å². The molecule has 0 atom stereocenters. The zero-order valence-electron chi connectivity index (χ0n) is 12.6. The molecule has 1 aliphatic rings. The van der Waals surface area contributed by atoms with Crippen LogP contribution in [-0.2, 0) is 9.57 Å². The van der Waals surface area contributed by atoms with Crippen LogP contribution < -0.4 is 0 Å². The minimum Gasteiger partial charge on any atom is -0.442 e. The fraction of sp³-hybridized carbons (Fsp3) is 0.467. The van der Waals surface area contributed by atoms with E-state index in [1.54, 1.807) is 0 Å². The molecule has 0 aromatic rings. The molecule has 0 spiro atoms. The minimum absolute atomic E-state index is 0.158. The van der Waals surface area contributed by atoms with E-state index in [0.717, 1.165) is 0 Å². The predicted octanol–water partition coefficient (Wildman–Crippen LogP) is 4.18. The topological polar surface area (TPSA) is 38.8 Å². The highest BCUT2D eigenvalue weighted by molar-refractivity contribution is 14.2. The minimum atomic E-state index is -0.575. The predicted molar refractivity (Wildman–Crippen MR) is 96.1 cm³/mol. The number of rotatable bonds is 6. The van der Waals surface area contributed by atoms with Crippen LogP contribution in [0.2, 0.25) is 0 Å². The number of halogens is 2. The molecule has 0 N–H and O–H groups in total. The SMILES string of the molecule is C=C(CCl)CN(OCC1=IC=CC=C1)C(=O)OC(C)(C)C. The fourth-order valence-electron chi connectivity index (χ4n) is 1.30. The number of nitrogens with zero attached hydrogens (tertiary/aromatic N) is 1. The van der Waals surface area contributed by atoms with E-state index in [4.69, 9.17) is 21.2 Å². The van der Waals surface area contributed by atoms with E-state index in [1.165, 1.54) is 8.57 Å². The van der Waals surface area contributed by atoms with Crippen LogP contribution >= 0.6 is 32.3 Å². The maximum Gasteiger partial charge on any atom is 0.434 e. The number of hydrogen-bond acceptors (Lipinski definition) is 3. The summed E-state index contributed by atoms with van der Waals surface area (Å²) in [6, 6.07) is 0. The van der Waals surface area contributed by atoms with E-state index >= 15 is 0 Å². The van der Waals surface area contributed by atoms with Gasteiger partial charge in [0.15, 0.2) is 0 Å².